The van der Waals surface area contributed by atoms with Gasteiger partial charge in [0.1, 0.15) is 5.25 Å². The molecule has 1 heterocycles. The molecular formula is C10H20N2O3S2. The third kappa shape index (κ3) is 4.50. The molecule has 1 saturated heterocycles. The summed E-state index contributed by atoms with van der Waals surface area (Å²) in [6.07, 6.45) is 2.37. The fourth-order valence-electron chi connectivity index (χ4n) is 1.88. The standard InChI is InChI=1S/C10H20N2O3S2/c1-2-9(10(11)16)17(13,14)12-6-8-4-3-5-15-7-8/h8-9,12H,2-7H2,1H3,(H2,11,16). The van der Waals surface area contributed by atoms with Gasteiger partial charge in [-0.1, -0.05) is 19.1 Å². The predicted molar refractivity (Wildman–Crippen MR) is 71.3 cm³/mol. The molecule has 0 spiro atoms. The van der Waals surface area contributed by atoms with Gasteiger partial charge in [-0.2, -0.15) is 0 Å². The predicted octanol–water partition coefficient (Wildman–Crippen LogP) is 0.397. The van der Waals surface area contributed by atoms with E-state index in [1.54, 1.807) is 6.92 Å². The Morgan fingerprint density at radius 2 is 2.35 bits per heavy atom. The van der Waals surface area contributed by atoms with Crippen molar-refractivity contribution in [2.75, 3.05) is 19.8 Å². The van der Waals surface area contributed by atoms with Crippen LogP contribution in [0.5, 0.6) is 0 Å². The number of nitrogens with two attached hydrogens (primary N) is 1. The van der Waals surface area contributed by atoms with Crippen LogP contribution in [0.3, 0.4) is 0 Å². The van der Waals surface area contributed by atoms with Gasteiger partial charge in [0, 0.05) is 13.2 Å². The molecule has 5 nitrogen and oxygen atoms in total. The van der Waals surface area contributed by atoms with E-state index in [1.165, 1.54) is 0 Å². The van der Waals surface area contributed by atoms with Crippen molar-refractivity contribution < 1.29 is 13.2 Å². The molecule has 0 saturated carbocycles. The first-order valence-corrected chi connectivity index (χ1v) is 7.78. The van der Waals surface area contributed by atoms with Gasteiger partial charge in [0.25, 0.3) is 0 Å². The van der Waals surface area contributed by atoms with Gasteiger partial charge in [-0.25, -0.2) is 13.1 Å². The summed E-state index contributed by atoms with van der Waals surface area (Å²) in [5.74, 6) is 0.252. The highest BCUT2D eigenvalue weighted by atomic mass is 32.2. The highest BCUT2D eigenvalue weighted by Crippen LogP contribution is 2.13. The minimum Gasteiger partial charge on any atom is -0.392 e. The molecule has 0 radical (unpaired) electrons. The number of sulfonamides is 1. The average molecular weight is 280 g/mol. The Kier molecular flexibility index (Phi) is 5.78. The Bertz CT molecular complexity index is 351. The molecule has 2 unspecified atom stereocenters. The van der Waals surface area contributed by atoms with Gasteiger partial charge in [0.2, 0.25) is 10.0 Å². The molecule has 3 N–H and O–H groups in total. The molecule has 2 atom stereocenters. The molecule has 0 amide bonds. The highest BCUT2D eigenvalue weighted by molar-refractivity contribution is 7.93. The summed E-state index contributed by atoms with van der Waals surface area (Å²) < 4.78 is 31.7. The van der Waals surface area contributed by atoms with E-state index < -0.39 is 15.3 Å². The van der Waals surface area contributed by atoms with Crippen molar-refractivity contribution >= 4 is 27.2 Å². The van der Waals surface area contributed by atoms with Gasteiger partial charge in [0.15, 0.2) is 0 Å². The maximum Gasteiger partial charge on any atom is 0.221 e. The molecule has 0 aliphatic carbocycles. The van der Waals surface area contributed by atoms with Crippen LogP contribution in [0.1, 0.15) is 26.2 Å². The zero-order valence-electron chi connectivity index (χ0n) is 10.0. The van der Waals surface area contributed by atoms with Crippen LogP contribution in [0.25, 0.3) is 0 Å². The molecule has 1 fully saturated rings. The van der Waals surface area contributed by atoms with Crippen LogP contribution in [-0.4, -0.2) is 38.4 Å². The first-order valence-electron chi connectivity index (χ1n) is 5.83. The second-order valence-corrected chi connectivity index (χ2v) is 6.70. The maximum atomic E-state index is 11.9. The van der Waals surface area contributed by atoms with Gasteiger partial charge in [0.05, 0.1) is 11.6 Å². The minimum absolute atomic E-state index is 0.0277. The molecule has 7 heteroatoms. The van der Waals surface area contributed by atoms with E-state index in [-0.39, 0.29) is 10.9 Å². The smallest absolute Gasteiger partial charge is 0.221 e. The monoisotopic (exact) mass is 280 g/mol. The number of rotatable bonds is 6. The molecule has 0 aromatic carbocycles. The second kappa shape index (κ2) is 6.63. The number of hydrogen-bond acceptors (Lipinski definition) is 4. The number of hydrogen-bond donors (Lipinski definition) is 2. The lowest BCUT2D eigenvalue weighted by molar-refractivity contribution is 0.0568. The fraction of sp³-hybridized carbons (Fsp3) is 0.900. The van der Waals surface area contributed by atoms with Crippen molar-refractivity contribution in [3.63, 3.8) is 0 Å². The molecule has 0 aromatic heterocycles. The molecule has 1 aliphatic rings. The van der Waals surface area contributed by atoms with Crippen molar-refractivity contribution in [3.05, 3.63) is 0 Å². The third-order valence-corrected chi connectivity index (χ3v) is 5.23. The maximum absolute atomic E-state index is 11.9. The zero-order valence-corrected chi connectivity index (χ0v) is 11.6. The minimum atomic E-state index is -3.44. The Balaban J connectivity index is 2.50. The van der Waals surface area contributed by atoms with Crippen LogP contribution >= 0.6 is 12.2 Å². The van der Waals surface area contributed by atoms with Crippen LogP contribution in [0.4, 0.5) is 0 Å². The van der Waals surface area contributed by atoms with Crippen LogP contribution in [0.2, 0.25) is 0 Å². The quantitative estimate of drug-likeness (QED) is 0.688. The molecular weight excluding hydrogens is 260 g/mol. The summed E-state index contributed by atoms with van der Waals surface area (Å²) in [6.45, 7) is 3.55. The Morgan fingerprint density at radius 1 is 1.65 bits per heavy atom. The second-order valence-electron chi connectivity index (χ2n) is 4.28. The number of nitrogens with one attached hydrogen (secondary N) is 1. The van der Waals surface area contributed by atoms with Gasteiger partial charge in [-0.05, 0) is 25.2 Å². The summed E-state index contributed by atoms with van der Waals surface area (Å²) in [7, 11) is -3.44. The zero-order chi connectivity index (χ0) is 12.9. The van der Waals surface area contributed by atoms with E-state index >= 15 is 0 Å². The van der Waals surface area contributed by atoms with Gasteiger partial charge in [-0.15, -0.1) is 0 Å². The summed E-state index contributed by atoms with van der Waals surface area (Å²) in [5, 5.41) is -0.776. The number of ether oxygens (including phenoxy) is 1. The van der Waals surface area contributed by atoms with Crippen LogP contribution in [-0.2, 0) is 14.8 Å². The Labute approximate surface area is 108 Å². The molecule has 0 aromatic rings. The van der Waals surface area contributed by atoms with Crippen molar-refractivity contribution in [2.45, 2.75) is 31.4 Å². The van der Waals surface area contributed by atoms with E-state index in [1.807, 2.05) is 0 Å². The SMILES string of the molecule is CCC(C(N)=S)S(=O)(=O)NCC1CCCOC1. The molecule has 1 rings (SSSR count). The molecule has 17 heavy (non-hydrogen) atoms. The lowest BCUT2D eigenvalue weighted by Crippen LogP contribution is -2.44. The molecule has 0 bridgehead atoms. The van der Waals surface area contributed by atoms with E-state index in [0.29, 0.717) is 19.6 Å². The third-order valence-electron chi connectivity index (χ3n) is 2.89. The lowest BCUT2D eigenvalue weighted by Gasteiger charge is -2.23. The van der Waals surface area contributed by atoms with Crippen molar-refractivity contribution in [1.82, 2.24) is 4.72 Å². The van der Waals surface area contributed by atoms with Gasteiger partial charge >= 0.3 is 0 Å². The van der Waals surface area contributed by atoms with Crippen LogP contribution in [0.15, 0.2) is 0 Å². The normalized spacial score (nSPS) is 23.2. The molecule has 1 aliphatic heterocycles. The highest BCUT2D eigenvalue weighted by Gasteiger charge is 2.27. The van der Waals surface area contributed by atoms with E-state index in [9.17, 15) is 8.42 Å². The largest absolute Gasteiger partial charge is 0.392 e. The average Bonchev–Trinajstić information content (AvgIpc) is 2.28. The topological polar surface area (TPSA) is 81.4 Å². The summed E-state index contributed by atoms with van der Waals surface area (Å²) in [6, 6.07) is 0. The Morgan fingerprint density at radius 3 is 2.82 bits per heavy atom. The summed E-state index contributed by atoms with van der Waals surface area (Å²) in [5.41, 5.74) is 5.43. The van der Waals surface area contributed by atoms with E-state index in [2.05, 4.69) is 4.72 Å². The van der Waals surface area contributed by atoms with Crippen molar-refractivity contribution in [1.29, 1.82) is 0 Å². The van der Waals surface area contributed by atoms with Gasteiger partial charge in [-0.3, -0.25) is 0 Å². The van der Waals surface area contributed by atoms with Crippen LogP contribution in [0, 0.1) is 5.92 Å². The fourth-order valence-corrected chi connectivity index (χ4v) is 3.84. The van der Waals surface area contributed by atoms with Crippen molar-refractivity contribution in [2.24, 2.45) is 11.7 Å². The van der Waals surface area contributed by atoms with E-state index in [4.69, 9.17) is 22.7 Å². The summed E-state index contributed by atoms with van der Waals surface area (Å²) >= 11 is 4.77. The lowest BCUT2D eigenvalue weighted by atomic mass is 10.0. The summed E-state index contributed by atoms with van der Waals surface area (Å²) in [4.78, 5) is 0.0277. The first kappa shape index (κ1) is 14.8. The first-order chi connectivity index (χ1) is 7.97. The van der Waals surface area contributed by atoms with Gasteiger partial charge < -0.3 is 10.5 Å². The van der Waals surface area contributed by atoms with E-state index in [0.717, 1.165) is 19.4 Å². The van der Waals surface area contributed by atoms with Crippen LogP contribution < -0.4 is 10.5 Å². The van der Waals surface area contributed by atoms with Crippen molar-refractivity contribution in [3.8, 4) is 0 Å². The number of thiocarbonyl (C=S) groups is 1. The Hall–Kier alpha value is -0.240. The molecule has 100 valence electrons.